The van der Waals surface area contributed by atoms with E-state index >= 15 is 0 Å². The number of pyridine rings is 1. The summed E-state index contributed by atoms with van der Waals surface area (Å²) in [5, 5.41) is 0. The van der Waals surface area contributed by atoms with Crippen molar-refractivity contribution in [3.8, 4) is 28.9 Å². The standard InChI is InChI=1S/C23H25BN2O5/c1-15(27)26(14-16-13-19(29-3)9-11-21(16)30-4)20-10-12-22(24)25-23(20)31-18-7-5-17(28-2)6-8-18/h5-13H,14,24H2,1-4H3. The number of rotatable bonds is 8. The third-order valence-corrected chi connectivity index (χ3v) is 4.74. The highest BCUT2D eigenvalue weighted by atomic mass is 16.5. The summed E-state index contributed by atoms with van der Waals surface area (Å²) in [6.07, 6.45) is 0. The Morgan fingerprint density at radius 2 is 1.55 bits per heavy atom. The van der Waals surface area contributed by atoms with Crippen LogP contribution in [0.1, 0.15) is 12.5 Å². The van der Waals surface area contributed by atoms with E-state index in [1.807, 2.05) is 38.2 Å². The maximum Gasteiger partial charge on any atom is 0.242 e. The molecule has 7 nitrogen and oxygen atoms in total. The van der Waals surface area contributed by atoms with Crippen molar-refractivity contribution in [2.45, 2.75) is 13.5 Å². The van der Waals surface area contributed by atoms with Crippen molar-refractivity contribution in [2.24, 2.45) is 0 Å². The fraction of sp³-hybridized carbons (Fsp3) is 0.217. The molecule has 0 saturated carbocycles. The van der Waals surface area contributed by atoms with E-state index in [2.05, 4.69) is 4.98 Å². The van der Waals surface area contributed by atoms with E-state index in [1.165, 1.54) is 6.92 Å². The molecule has 0 aliphatic carbocycles. The molecule has 1 aromatic heterocycles. The van der Waals surface area contributed by atoms with Crippen molar-refractivity contribution in [3.05, 3.63) is 60.2 Å². The van der Waals surface area contributed by atoms with Gasteiger partial charge in [-0.15, -0.1) is 0 Å². The molecular formula is C23H25BN2O5. The summed E-state index contributed by atoms with van der Waals surface area (Å²) in [7, 11) is 6.66. The molecule has 0 saturated heterocycles. The number of benzene rings is 2. The zero-order valence-electron chi connectivity index (χ0n) is 18.3. The van der Waals surface area contributed by atoms with E-state index < -0.39 is 0 Å². The van der Waals surface area contributed by atoms with Crippen LogP contribution < -0.4 is 29.4 Å². The molecule has 0 unspecified atom stereocenters. The van der Waals surface area contributed by atoms with Gasteiger partial charge in [-0.25, -0.2) is 4.98 Å². The molecule has 0 atom stereocenters. The first-order chi connectivity index (χ1) is 14.9. The molecule has 0 aliphatic rings. The van der Waals surface area contributed by atoms with Gasteiger partial charge in [0.05, 0.1) is 27.9 Å². The van der Waals surface area contributed by atoms with Crippen LogP contribution in [-0.4, -0.2) is 40.1 Å². The Labute approximate surface area is 182 Å². The zero-order chi connectivity index (χ0) is 22.4. The fourth-order valence-corrected chi connectivity index (χ4v) is 3.10. The molecule has 8 heteroatoms. The van der Waals surface area contributed by atoms with Gasteiger partial charge in [-0.05, 0) is 60.2 Å². The number of hydrogen-bond donors (Lipinski definition) is 0. The number of amides is 1. The SMILES string of the molecule is Bc1ccc(N(Cc2cc(OC)ccc2OC)C(C)=O)c(Oc2ccc(OC)cc2)n1. The summed E-state index contributed by atoms with van der Waals surface area (Å²) in [6, 6.07) is 16.3. The smallest absolute Gasteiger partial charge is 0.242 e. The summed E-state index contributed by atoms with van der Waals surface area (Å²) >= 11 is 0. The number of anilines is 1. The Bertz CT molecular complexity index is 1060. The number of ether oxygens (including phenoxy) is 4. The van der Waals surface area contributed by atoms with Gasteiger partial charge < -0.3 is 23.8 Å². The molecule has 3 rings (SSSR count). The lowest BCUT2D eigenvalue weighted by Crippen LogP contribution is -2.29. The van der Waals surface area contributed by atoms with Gasteiger partial charge in [0.1, 0.15) is 28.7 Å². The lowest BCUT2D eigenvalue weighted by atomic mass is 10.0. The first-order valence-corrected chi connectivity index (χ1v) is 9.73. The fourth-order valence-electron chi connectivity index (χ4n) is 3.10. The van der Waals surface area contributed by atoms with Crippen molar-refractivity contribution in [2.75, 3.05) is 26.2 Å². The Morgan fingerprint density at radius 3 is 2.16 bits per heavy atom. The van der Waals surface area contributed by atoms with Crippen LogP contribution in [0.3, 0.4) is 0 Å². The van der Waals surface area contributed by atoms with Gasteiger partial charge >= 0.3 is 0 Å². The normalized spacial score (nSPS) is 10.3. The van der Waals surface area contributed by atoms with Crippen LogP contribution in [0.2, 0.25) is 0 Å². The largest absolute Gasteiger partial charge is 0.497 e. The number of methoxy groups -OCH3 is 3. The second-order valence-corrected chi connectivity index (χ2v) is 6.84. The van der Waals surface area contributed by atoms with E-state index in [-0.39, 0.29) is 12.5 Å². The third-order valence-electron chi connectivity index (χ3n) is 4.74. The van der Waals surface area contributed by atoms with Crippen molar-refractivity contribution in [1.82, 2.24) is 4.98 Å². The maximum atomic E-state index is 12.6. The minimum Gasteiger partial charge on any atom is -0.497 e. The van der Waals surface area contributed by atoms with Gasteiger partial charge in [0.25, 0.3) is 0 Å². The van der Waals surface area contributed by atoms with E-state index in [1.54, 1.807) is 50.5 Å². The first kappa shape index (κ1) is 22.0. The van der Waals surface area contributed by atoms with Crippen LogP contribution in [0, 0.1) is 0 Å². The van der Waals surface area contributed by atoms with E-state index in [0.717, 1.165) is 16.9 Å². The minimum absolute atomic E-state index is 0.157. The summed E-state index contributed by atoms with van der Waals surface area (Å²) < 4.78 is 22.0. The van der Waals surface area contributed by atoms with Crippen molar-refractivity contribution < 1.29 is 23.7 Å². The molecule has 3 aromatic rings. The highest BCUT2D eigenvalue weighted by Gasteiger charge is 2.21. The summed E-state index contributed by atoms with van der Waals surface area (Å²) in [6.45, 7) is 1.77. The zero-order valence-corrected chi connectivity index (χ0v) is 18.3. The van der Waals surface area contributed by atoms with Crippen LogP contribution in [0.25, 0.3) is 0 Å². The predicted molar refractivity (Wildman–Crippen MR) is 122 cm³/mol. The highest BCUT2D eigenvalue weighted by Crippen LogP contribution is 2.33. The summed E-state index contributed by atoms with van der Waals surface area (Å²) in [5.74, 6) is 2.82. The van der Waals surface area contributed by atoms with Gasteiger partial charge in [0, 0.05) is 12.5 Å². The number of aromatic nitrogens is 1. The van der Waals surface area contributed by atoms with Crippen LogP contribution in [0.15, 0.2) is 54.6 Å². The average Bonchev–Trinajstić information content (AvgIpc) is 2.78. The maximum absolute atomic E-state index is 12.6. The monoisotopic (exact) mass is 420 g/mol. The van der Waals surface area contributed by atoms with Gasteiger partial charge in [0.15, 0.2) is 7.85 Å². The number of carbonyl (C=O) groups excluding carboxylic acids is 1. The van der Waals surface area contributed by atoms with E-state index in [4.69, 9.17) is 18.9 Å². The van der Waals surface area contributed by atoms with Crippen molar-refractivity contribution >= 4 is 25.0 Å². The molecule has 1 amide bonds. The summed E-state index contributed by atoms with van der Waals surface area (Å²) in [4.78, 5) is 18.8. The minimum atomic E-state index is -0.157. The number of nitrogens with zero attached hydrogens (tertiary/aromatic N) is 2. The van der Waals surface area contributed by atoms with Crippen molar-refractivity contribution in [1.29, 1.82) is 0 Å². The molecule has 0 N–H and O–H groups in total. The average molecular weight is 420 g/mol. The summed E-state index contributed by atoms with van der Waals surface area (Å²) in [5.41, 5.74) is 2.13. The van der Waals surface area contributed by atoms with E-state index in [9.17, 15) is 4.79 Å². The molecule has 0 radical (unpaired) electrons. The van der Waals surface area contributed by atoms with Gasteiger partial charge in [0.2, 0.25) is 11.8 Å². The highest BCUT2D eigenvalue weighted by molar-refractivity contribution is 6.30. The molecule has 31 heavy (non-hydrogen) atoms. The Kier molecular flexibility index (Phi) is 7.02. The Morgan fingerprint density at radius 1 is 0.903 bits per heavy atom. The van der Waals surface area contributed by atoms with Gasteiger partial charge in [-0.3, -0.25) is 4.79 Å². The number of hydrogen-bond acceptors (Lipinski definition) is 6. The molecule has 0 spiro atoms. The predicted octanol–water partition coefficient (Wildman–Crippen LogP) is 2.71. The second kappa shape index (κ2) is 9.89. The Balaban J connectivity index is 1.99. The van der Waals surface area contributed by atoms with E-state index in [0.29, 0.717) is 28.8 Å². The first-order valence-electron chi connectivity index (χ1n) is 9.73. The Hall–Kier alpha value is -3.68. The second-order valence-electron chi connectivity index (χ2n) is 6.84. The van der Waals surface area contributed by atoms with Crippen LogP contribution in [-0.2, 0) is 11.3 Å². The molecular weight excluding hydrogens is 395 g/mol. The number of carbonyl (C=O) groups is 1. The van der Waals surface area contributed by atoms with Crippen molar-refractivity contribution in [3.63, 3.8) is 0 Å². The molecule has 160 valence electrons. The molecule has 0 bridgehead atoms. The van der Waals surface area contributed by atoms with Gasteiger partial charge in [-0.2, -0.15) is 0 Å². The third kappa shape index (κ3) is 5.28. The van der Waals surface area contributed by atoms with Gasteiger partial charge in [-0.1, -0.05) is 0 Å². The lowest BCUT2D eigenvalue weighted by molar-refractivity contribution is -0.116. The lowest BCUT2D eigenvalue weighted by Gasteiger charge is -2.24. The molecule has 0 fully saturated rings. The molecule has 0 aliphatic heterocycles. The van der Waals surface area contributed by atoms with Crippen LogP contribution in [0.5, 0.6) is 28.9 Å². The van der Waals surface area contributed by atoms with Crippen LogP contribution >= 0.6 is 0 Å². The quantitative estimate of drug-likeness (QED) is 0.522. The van der Waals surface area contributed by atoms with Crippen LogP contribution in [0.4, 0.5) is 5.69 Å². The molecule has 2 aromatic carbocycles. The topological polar surface area (TPSA) is 70.1 Å². The molecule has 1 heterocycles.